The minimum atomic E-state index is -0.304. The highest BCUT2D eigenvalue weighted by atomic mass is 16.5. The first-order valence-electron chi connectivity index (χ1n) is 9.77. The van der Waals surface area contributed by atoms with Crippen molar-refractivity contribution in [3.05, 3.63) is 77.1 Å². The SMILES string of the molecule is CCOC(=O)c1ccc(-n2c(C)cc(C=Nc3cccc(OCC)c3)c2C)cc1. The number of esters is 1. The molecule has 1 aromatic heterocycles. The van der Waals surface area contributed by atoms with Gasteiger partial charge in [-0.15, -0.1) is 0 Å². The molecule has 29 heavy (non-hydrogen) atoms. The normalized spacial score (nSPS) is 11.0. The maximum Gasteiger partial charge on any atom is 0.338 e. The van der Waals surface area contributed by atoms with Gasteiger partial charge >= 0.3 is 5.97 Å². The Morgan fingerprint density at radius 3 is 2.48 bits per heavy atom. The zero-order valence-corrected chi connectivity index (χ0v) is 17.3. The van der Waals surface area contributed by atoms with Crippen molar-refractivity contribution in [1.29, 1.82) is 0 Å². The Morgan fingerprint density at radius 2 is 1.79 bits per heavy atom. The fourth-order valence-electron chi connectivity index (χ4n) is 3.24. The van der Waals surface area contributed by atoms with Crippen LogP contribution in [0.5, 0.6) is 5.75 Å². The van der Waals surface area contributed by atoms with Crippen LogP contribution >= 0.6 is 0 Å². The summed E-state index contributed by atoms with van der Waals surface area (Å²) in [6.45, 7) is 8.87. The molecule has 0 spiro atoms. The fraction of sp³-hybridized carbons (Fsp3) is 0.250. The summed E-state index contributed by atoms with van der Waals surface area (Å²) in [6, 6.07) is 17.3. The quantitative estimate of drug-likeness (QED) is 0.400. The molecule has 3 aromatic rings. The van der Waals surface area contributed by atoms with Gasteiger partial charge in [-0.2, -0.15) is 0 Å². The zero-order valence-electron chi connectivity index (χ0n) is 17.3. The van der Waals surface area contributed by atoms with E-state index in [9.17, 15) is 4.79 Å². The summed E-state index contributed by atoms with van der Waals surface area (Å²) in [5.41, 5.74) is 5.60. The third-order valence-corrected chi connectivity index (χ3v) is 4.59. The summed E-state index contributed by atoms with van der Waals surface area (Å²) in [5, 5.41) is 0. The molecular formula is C24H26N2O3. The first-order chi connectivity index (χ1) is 14.0. The Morgan fingerprint density at radius 1 is 1.03 bits per heavy atom. The molecule has 0 aliphatic heterocycles. The van der Waals surface area contributed by atoms with Crippen molar-refractivity contribution < 1.29 is 14.3 Å². The molecule has 0 saturated heterocycles. The molecule has 0 amide bonds. The predicted molar refractivity (Wildman–Crippen MR) is 116 cm³/mol. The van der Waals surface area contributed by atoms with E-state index in [1.54, 1.807) is 19.1 Å². The van der Waals surface area contributed by atoms with Crippen LogP contribution in [-0.4, -0.2) is 30.0 Å². The van der Waals surface area contributed by atoms with Gasteiger partial charge in [0.15, 0.2) is 0 Å². The third-order valence-electron chi connectivity index (χ3n) is 4.59. The number of benzene rings is 2. The molecule has 0 unspecified atom stereocenters. The summed E-state index contributed by atoms with van der Waals surface area (Å²) in [5.74, 6) is 0.511. The highest BCUT2D eigenvalue weighted by Gasteiger charge is 2.11. The second-order valence-electron chi connectivity index (χ2n) is 6.62. The summed E-state index contributed by atoms with van der Waals surface area (Å²) in [4.78, 5) is 16.5. The van der Waals surface area contributed by atoms with Crippen LogP contribution in [0.4, 0.5) is 5.69 Å². The number of aryl methyl sites for hydroxylation is 1. The van der Waals surface area contributed by atoms with Crippen LogP contribution in [0, 0.1) is 13.8 Å². The highest BCUT2D eigenvalue weighted by molar-refractivity contribution is 5.89. The monoisotopic (exact) mass is 390 g/mol. The number of nitrogens with zero attached hydrogens (tertiary/aromatic N) is 2. The van der Waals surface area contributed by atoms with Gasteiger partial charge in [-0.05, 0) is 70.2 Å². The van der Waals surface area contributed by atoms with E-state index in [2.05, 4.69) is 29.5 Å². The molecular weight excluding hydrogens is 364 g/mol. The Bertz CT molecular complexity index is 1020. The van der Waals surface area contributed by atoms with Gasteiger partial charge in [-0.3, -0.25) is 4.99 Å². The van der Waals surface area contributed by atoms with Gasteiger partial charge in [0.1, 0.15) is 5.75 Å². The van der Waals surface area contributed by atoms with Gasteiger partial charge in [-0.25, -0.2) is 4.79 Å². The second kappa shape index (κ2) is 9.24. The minimum absolute atomic E-state index is 0.304. The molecule has 2 aromatic carbocycles. The first kappa shape index (κ1) is 20.4. The van der Waals surface area contributed by atoms with Gasteiger partial charge in [0.2, 0.25) is 0 Å². The molecule has 0 radical (unpaired) electrons. The maximum absolute atomic E-state index is 11.9. The maximum atomic E-state index is 11.9. The topological polar surface area (TPSA) is 52.8 Å². The predicted octanol–water partition coefficient (Wildman–Crippen LogP) is 5.42. The Labute approximate surface area is 171 Å². The minimum Gasteiger partial charge on any atom is -0.494 e. The smallest absolute Gasteiger partial charge is 0.338 e. The van der Waals surface area contributed by atoms with E-state index in [-0.39, 0.29) is 5.97 Å². The van der Waals surface area contributed by atoms with Crippen LogP contribution < -0.4 is 4.74 Å². The lowest BCUT2D eigenvalue weighted by molar-refractivity contribution is 0.0526. The van der Waals surface area contributed by atoms with Crippen molar-refractivity contribution in [2.45, 2.75) is 27.7 Å². The molecule has 5 heteroatoms. The average molecular weight is 390 g/mol. The molecule has 0 N–H and O–H groups in total. The summed E-state index contributed by atoms with van der Waals surface area (Å²) < 4.78 is 12.7. The van der Waals surface area contributed by atoms with Crippen molar-refractivity contribution in [3.63, 3.8) is 0 Å². The molecule has 3 rings (SSSR count). The van der Waals surface area contributed by atoms with Gasteiger partial charge in [-0.1, -0.05) is 6.07 Å². The number of rotatable bonds is 7. The number of aromatic nitrogens is 1. The number of hydrogen-bond acceptors (Lipinski definition) is 4. The third kappa shape index (κ3) is 4.74. The van der Waals surface area contributed by atoms with Gasteiger partial charge in [0.05, 0.1) is 24.5 Å². The molecule has 0 fully saturated rings. The molecule has 1 heterocycles. The largest absolute Gasteiger partial charge is 0.494 e. The highest BCUT2D eigenvalue weighted by Crippen LogP contribution is 2.23. The van der Waals surface area contributed by atoms with E-state index in [1.807, 2.05) is 49.5 Å². The van der Waals surface area contributed by atoms with E-state index in [0.717, 1.165) is 34.1 Å². The number of carbonyl (C=O) groups excluding carboxylic acids is 1. The van der Waals surface area contributed by atoms with E-state index < -0.39 is 0 Å². The van der Waals surface area contributed by atoms with E-state index in [1.165, 1.54) is 0 Å². The van der Waals surface area contributed by atoms with Crippen molar-refractivity contribution in [3.8, 4) is 11.4 Å². The average Bonchev–Trinajstić information content (AvgIpc) is 3.00. The molecule has 0 saturated carbocycles. The summed E-state index contributed by atoms with van der Waals surface area (Å²) in [6.07, 6.45) is 1.87. The number of carbonyl (C=O) groups is 1. The van der Waals surface area contributed by atoms with Gasteiger partial charge < -0.3 is 14.0 Å². The zero-order chi connectivity index (χ0) is 20.8. The summed E-state index contributed by atoms with van der Waals surface area (Å²) >= 11 is 0. The van der Waals surface area contributed by atoms with Crippen LogP contribution in [0.3, 0.4) is 0 Å². The van der Waals surface area contributed by atoms with Crippen molar-refractivity contribution in [2.24, 2.45) is 4.99 Å². The lowest BCUT2D eigenvalue weighted by atomic mass is 10.2. The Hall–Kier alpha value is -3.34. The number of aliphatic imine (C=N–C) groups is 1. The summed E-state index contributed by atoms with van der Waals surface area (Å²) in [7, 11) is 0. The van der Waals surface area contributed by atoms with Gasteiger partial charge in [0.25, 0.3) is 0 Å². The number of ether oxygens (including phenoxy) is 2. The molecule has 0 aliphatic carbocycles. The van der Waals surface area contributed by atoms with Crippen LogP contribution in [0.2, 0.25) is 0 Å². The molecule has 150 valence electrons. The van der Waals surface area contributed by atoms with E-state index in [0.29, 0.717) is 18.8 Å². The van der Waals surface area contributed by atoms with Crippen LogP contribution in [0.1, 0.15) is 41.2 Å². The standard InChI is InChI=1S/C24H26N2O3/c1-5-28-23-9-7-8-21(15-23)25-16-20-14-17(3)26(18(20)4)22-12-10-19(11-13-22)24(27)29-6-2/h7-16H,5-6H2,1-4H3. The Kier molecular flexibility index (Phi) is 6.50. The van der Waals surface area contributed by atoms with Crippen molar-refractivity contribution >= 4 is 17.9 Å². The van der Waals surface area contributed by atoms with Gasteiger partial charge in [0, 0.05) is 34.9 Å². The van der Waals surface area contributed by atoms with E-state index in [4.69, 9.17) is 9.47 Å². The molecule has 0 atom stereocenters. The molecule has 0 aliphatic rings. The molecule has 5 nitrogen and oxygen atoms in total. The first-order valence-corrected chi connectivity index (χ1v) is 9.77. The second-order valence-corrected chi connectivity index (χ2v) is 6.62. The lowest BCUT2D eigenvalue weighted by Gasteiger charge is -2.10. The van der Waals surface area contributed by atoms with Crippen LogP contribution in [-0.2, 0) is 4.74 Å². The van der Waals surface area contributed by atoms with Crippen molar-refractivity contribution in [1.82, 2.24) is 4.57 Å². The number of hydrogen-bond donors (Lipinski definition) is 0. The van der Waals surface area contributed by atoms with Crippen LogP contribution in [0.25, 0.3) is 5.69 Å². The van der Waals surface area contributed by atoms with Crippen molar-refractivity contribution in [2.75, 3.05) is 13.2 Å². The molecule has 0 bridgehead atoms. The lowest BCUT2D eigenvalue weighted by Crippen LogP contribution is -2.05. The fourth-order valence-corrected chi connectivity index (χ4v) is 3.24. The van der Waals surface area contributed by atoms with Crippen LogP contribution in [0.15, 0.2) is 59.6 Å². The van der Waals surface area contributed by atoms with E-state index >= 15 is 0 Å². The Balaban J connectivity index is 1.85.